The van der Waals surface area contributed by atoms with Gasteiger partial charge in [-0.3, -0.25) is 4.79 Å². The summed E-state index contributed by atoms with van der Waals surface area (Å²) in [5.41, 5.74) is 6.57. The molecule has 2 fully saturated rings. The van der Waals surface area contributed by atoms with Gasteiger partial charge in [-0.05, 0) is 68.0 Å². The Morgan fingerprint density at radius 2 is 1.70 bits per heavy atom. The van der Waals surface area contributed by atoms with E-state index in [-0.39, 0.29) is 18.3 Å². The molecule has 162 valence electrons. The summed E-state index contributed by atoms with van der Waals surface area (Å²) in [6, 6.07) is 15.2. The summed E-state index contributed by atoms with van der Waals surface area (Å²) >= 11 is 0. The van der Waals surface area contributed by atoms with Crippen LogP contribution in [0.3, 0.4) is 0 Å². The fraction of sp³-hybridized carbons (Fsp3) is 0.480. The molecule has 0 bridgehead atoms. The number of halogens is 1. The molecule has 2 aromatic rings. The summed E-state index contributed by atoms with van der Waals surface area (Å²) in [6.45, 7) is 11.7. The second-order valence-corrected chi connectivity index (χ2v) is 8.66. The van der Waals surface area contributed by atoms with Crippen molar-refractivity contribution in [3.63, 3.8) is 0 Å². The van der Waals surface area contributed by atoms with Crippen LogP contribution < -0.4 is 10.2 Å². The number of hydrogen-bond acceptors (Lipinski definition) is 3. The molecule has 2 heterocycles. The number of piperazine rings is 1. The van der Waals surface area contributed by atoms with Crippen LogP contribution in [-0.4, -0.2) is 50.1 Å². The monoisotopic (exact) mass is 427 g/mol. The van der Waals surface area contributed by atoms with Crippen LogP contribution in [0.5, 0.6) is 0 Å². The van der Waals surface area contributed by atoms with E-state index < -0.39 is 0 Å². The smallest absolute Gasteiger partial charge is 0.227 e. The van der Waals surface area contributed by atoms with Crippen LogP contribution in [-0.2, 0) is 4.79 Å². The Bertz CT molecular complexity index is 876. The first-order valence-electron chi connectivity index (χ1n) is 10.9. The van der Waals surface area contributed by atoms with Crippen molar-refractivity contribution in [3.05, 3.63) is 64.7 Å². The van der Waals surface area contributed by atoms with E-state index in [1.54, 1.807) is 0 Å². The zero-order valence-electron chi connectivity index (χ0n) is 18.4. The van der Waals surface area contributed by atoms with E-state index in [0.717, 1.165) is 45.7 Å². The highest BCUT2D eigenvalue weighted by atomic mass is 35.5. The normalized spacial score (nSPS) is 21.8. The third-order valence-electron chi connectivity index (χ3n) is 6.68. The van der Waals surface area contributed by atoms with Crippen molar-refractivity contribution in [2.45, 2.75) is 33.1 Å². The number of hydrogen-bond donors (Lipinski definition) is 1. The summed E-state index contributed by atoms with van der Waals surface area (Å²) in [5.74, 6) is 0.685. The van der Waals surface area contributed by atoms with Gasteiger partial charge in [-0.15, -0.1) is 12.4 Å². The highest BCUT2D eigenvalue weighted by Crippen LogP contribution is 2.34. The third-order valence-corrected chi connectivity index (χ3v) is 6.68. The lowest BCUT2D eigenvalue weighted by atomic mass is 9.78. The van der Waals surface area contributed by atoms with E-state index in [1.807, 2.05) is 0 Å². The Balaban J connectivity index is 0.00000256. The molecule has 2 aliphatic rings. The molecule has 0 saturated carbocycles. The molecule has 2 saturated heterocycles. The highest BCUT2D eigenvalue weighted by Gasteiger charge is 2.36. The molecule has 0 aliphatic carbocycles. The molecule has 30 heavy (non-hydrogen) atoms. The fourth-order valence-electron chi connectivity index (χ4n) is 4.96. The molecule has 2 aromatic carbocycles. The summed E-state index contributed by atoms with van der Waals surface area (Å²) in [6.07, 6.45) is 1.03. The number of benzene rings is 2. The first-order chi connectivity index (χ1) is 14.0. The SMILES string of the molecule is Cc1ccc(C)c(N2CCN(C(=O)[C@@H]3CNCC[C@@H]3c3ccccc3C)CC2)c1.Cl. The number of piperidine rings is 1. The molecule has 0 unspecified atom stereocenters. The molecule has 0 spiro atoms. The van der Waals surface area contributed by atoms with Gasteiger partial charge in [-0.1, -0.05) is 36.4 Å². The number of nitrogens with one attached hydrogen (secondary N) is 1. The maximum absolute atomic E-state index is 13.5. The molecule has 0 radical (unpaired) electrons. The number of nitrogens with zero attached hydrogens (tertiary/aromatic N) is 2. The Morgan fingerprint density at radius 3 is 2.43 bits per heavy atom. The summed E-state index contributed by atoms with van der Waals surface area (Å²) in [7, 11) is 0. The van der Waals surface area contributed by atoms with Crippen LogP contribution in [0.1, 0.15) is 34.6 Å². The van der Waals surface area contributed by atoms with Gasteiger partial charge in [-0.2, -0.15) is 0 Å². The summed E-state index contributed by atoms with van der Waals surface area (Å²) < 4.78 is 0. The molecular weight excluding hydrogens is 394 g/mol. The van der Waals surface area contributed by atoms with Crippen molar-refractivity contribution >= 4 is 24.0 Å². The van der Waals surface area contributed by atoms with Gasteiger partial charge in [0.15, 0.2) is 0 Å². The maximum Gasteiger partial charge on any atom is 0.227 e. The average molecular weight is 428 g/mol. The maximum atomic E-state index is 13.5. The molecule has 1 amide bonds. The lowest BCUT2D eigenvalue weighted by Crippen LogP contribution is -2.53. The minimum absolute atomic E-state index is 0. The van der Waals surface area contributed by atoms with Crippen molar-refractivity contribution < 1.29 is 4.79 Å². The summed E-state index contributed by atoms with van der Waals surface area (Å²) in [4.78, 5) is 18.0. The van der Waals surface area contributed by atoms with Gasteiger partial charge in [0, 0.05) is 38.4 Å². The largest absolute Gasteiger partial charge is 0.368 e. The van der Waals surface area contributed by atoms with E-state index in [0.29, 0.717) is 11.8 Å². The number of carbonyl (C=O) groups is 1. The minimum Gasteiger partial charge on any atom is -0.368 e. The highest BCUT2D eigenvalue weighted by molar-refractivity contribution is 5.85. The predicted octanol–water partition coefficient (Wildman–Crippen LogP) is 4.08. The fourth-order valence-corrected chi connectivity index (χ4v) is 4.96. The molecular formula is C25H34ClN3O. The van der Waals surface area contributed by atoms with E-state index in [2.05, 4.69) is 78.4 Å². The van der Waals surface area contributed by atoms with E-state index in [4.69, 9.17) is 0 Å². The van der Waals surface area contributed by atoms with Crippen LogP contribution in [0.4, 0.5) is 5.69 Å². The van der Waals surface area contributed by atoms with Crippen molar-refractivity contribution in [3.8, 4) is 0 Å². The molecule has 4 rings (SSSR count). The van der Waals surface area contributed by atoms with E-state index in [1.165, 1.54) is 27.9 Å². The lowest BCUT2D eigenvalue weighted by molar-refractivity contribution is -0.137. The van der Waals surface area contributed by atoms with Gasteiger partial charge in [0.25, 0.3) is 0 Å². The molecule has 0 aromatic heterocycles. The van der Waals surface area contributed by atoms with Crippen molar-refractivity contribution in [1.82, 2.24) is 10.2 Å². The minimum atomic E-state index is 0. The van der Waals surface area contributed by atoms with E-state index >= 15 is 0 Å². The van der Waals surface area contributed by atoms with Gasteiger partial charge in [0.1, 0.15) is 0 Å². The Kier molecular flexibility index (Phi) is 7.43. The Hall–Kier alpha value is -2.04. The Morgan fingerprint density at radius 1 is 0.967 bits per heavy atom. The topological polar surface area (TPSA) is 35.6 Å². The van der Waals surface area contributed by atoms with Crippen LogP contribution >= 0.6 is 12.4 Å². The zero-order valence-corrected chi connectivity index (χ0v) is 19.2. The van der Waals surface area contributed by atoms with Gasteiger partial charge in [0.2, 0.25) is 5.91 Å². The van der Waals surface area contributed by atoms with Gasteiger partial charge < -0.3 is 15.1 Å². The van der Waals surface area contributed by atoms with Crippen molar-refractivity contribution in [2.75, 3.05) is 44.2 Å². The van der Waals surface area contributed by atoms with Gasteiger partial charge in [0.05, 0.1) is 5.92 Å². The second kappa shape index (κ2) is 9.84. The lowest BCUT2D eigenvalue weighted by Gasteiger charge is -2.41. The zero-order chi connectivity index (χ0) is 20.4. The molecule has 5 heteroatoms. The van der Waals surface area contributed by atoms with Crippen molar-refractivity contribution in [2.24, 2.45) is 5.92 Å². The molecule has 2 atom stereocenters. The van der Waals surface area contributed by atoms with Crippen LogP contribution in [0.2, 0.25) is 0 Å². The molecule has 1 N–H and O–H groups in total. The van der Waals surface area contributed by atoms with Crippen LogP contribution in [0.15, 0.2) is 42.5 Å². The first-order valence-corrected chi connectivity index (χ1v) is 10.9. The number of carbonyl (C=O) groups excluding carboxylic acids is 1. The Labute approximate surface area is 187 Å². The number of rotatable bonds is 3. The average Bonchev–Trinajstić information content (AvgIpc) is 2.75. The van der Waals surface area contributed by atoms with Crippen LogP contribution in [0.25, 0.3) is 0 Å². The standard InChI is InChI=1S/C25H33N3O.ClH/c1-18-8-9-20(3)24(16-18)27-12-14-28(15-13-27)25(29)23-17-26-11-10-22(23)21-7-5-4-6-19(21)2;/h4-9,16,22-23,26H,10-15,17H2,1-3H3;1H/t22-,23-;/m1./s1. The molecule has 2 aliphatic heterocycles. The third kappa shape index (κ3) is 4.65. The number of aryl methyl sites for hydroxylation is 3. The van der Waals surface area contributed by atoms with Gasteiger partial charge >= 0.3 is 0 Å². The first kappa shape index (κ1) is 22.6. The number of anilines is 1. The van der Waals surface area contributed by atoms with Crippen molar-refractivity contribution in [1.29, 1.82) is 0 Å². The quantitative estimate of drug-likeness (QED) is 0.801. The molecule has 4 nitrogen and oxygen atoms in total. The number of amides is 1. The van der Waals surface area contributed by atoms with Crippen LogP contribution in [0, 0.1) is 26.7 Å². The summed E-state index contributed by atoms with van der Waals surface area (Å²) in [5, 5.41) is 3.46. The van der Waals surface area contributed by atoms with Gasteiger partial charge in [-0.25, -0.2) is 0 Å². The van der Waals surface area contributed by atoms with E-state index in [9.17, 15) is 4.79 Å². The second-order valence-electron chi connectivity index (χ2n) is 8.66. The predicted molar refractivity (Wildman–Crippen MR) is 127 cm³/mol.